The van der Waals surface area contributed by atoms with Crippen molar-refractivity contribution >= 4 is 29.1 Å². The van der Waals surface area contributed by atoms with Crippen molar-refractivity contribution in [2.24, 2.45) is 0 Å². The number of halogens is 2. The summed E-state index contributed by atoms with van der Waals surface area (Å²) < 4.78 is 5.42. The molecule has 6 heteroatoms. The van der Waals surface area contributed by atoms with Crippen LogP contribution in [0.4, 0.5) is 0 Å². The number of ether oxygens (including phenoxy) is 1. The lowest BCUT2D eigenvalue weighted by molar-refractivity contribution is -0.122. The summed E-state index contributed by atoms with van der Waals surface area (Å²) in [7, 11) is 1.89. The highest BCUT2D eigenvalue weighted by Crippen LogP contribution is 2.19. The molecule has 1 N–H and O–H groups in total. The van der Waals surface area contributed by atoms with Crippen LogP contribution in [-0.4, -0.2) is 43.7 Å². The number of nitrogens with zero attached hydrogens (tertiary/aromatic N) is 1. The van der Waals surface area contributed by atoms with Gasteiger partial charge in [0.2, 0.25) is 5.91 Å². The second kappa shape index (κ2) is 10.1. The van der Waals surface area contributed by atoms with Gasteiger partial charge in [0.1, 0.15) is 0 Å². The van der Waals surface area contributed by atoms with Crippen LogP contribution >= 0.6 is 23.2 Å². The first-order valence-corrected chi connectivity index (χ1v) is 8.14. The number of carbonyl (C=O) groups is 1. The molecule has 0 heterocycles. The molecule has 1 amide bonds. The fourth-order valence-electron chi connectivity index (χ4n) is 1.99. The Morgan fingerprint density at radius 3 is 2.50 bits per heavy atom. The number of carbonyl (C=O) groups excluding carboxylic acids is 1. The first-order chi connectivity index (χ1) is 10.4. The van der Waals surface area contributed by atoms with E-state index in [4.69, 9.17) is 27.9 Å². The largest absolute Gasteiger partial charge is 0.379 e. The molecule has 124 valence electrons. The zero-order chi connectivity index (χ0) is 16.5. The van der Waals surface area contributed by atoms with E-state index in [0.717, 1.165) is 12.0 Å². The van der Waals surface area contributed by atoms with Crippen molar-refractivity contribution in [2.45, 2.75) is 32.9 Å². The average molecular weight is 347 g/mol. The quantitative estimate of drug-likeness (QED) is 0.697. The van der Waals surface area contributed by atoms with Crippen LogP contribution in [0, 0.1) is 0 Å². The van der Waals surface area contributed by atoms with Gasteiger partial charge in [0.25, 0.3) is 0 Å². The average Bonchev–Trinajstić information content (AvgIpc) is 2.36. The van der Waals surface area contributed by atoms with Crippen LogP contribution in [0.2, 0.25) is 10.0 Å². The summed E-state index contributed by atoms with van der Waals surface area (Å²) in [6, 6.07) is 5.40. The maximum Gasteiger partial charge on any atom is 0.234 e. The smallest absolute Gasteiger partial charge is 0.234 e. The molecule has 0 unspecified atom stereocenters. The van der Waals surface area contributed by atoms with Gasteiger partial charge < -0.3 is 10.1 Å². The van der Waals surface area contributed by atoms with Gasteiger partial charge in [-0.1, -0.05) is 23.2 Å². The van der Waals surface area contributed by atoms with E-state index in [2.05, 4.69) is 5.32 Å². The van der Waals surface area contributed by atoms with Crippen LogP contribution in [0.1, 0.15) is 25.8 Å². The van der Waals surface area contributed by atoms with Crippen molar-refractivity contribution < 1.29 is 9.53 Å². The second-order valence-electron chi connectivity index (χ2n) is 5.57. The lowest BCUT2D eigenvalue weighted by Crippen LogP contribution is -2.35. The molecule has 0 aromatic heterocycles. The molecule has 1 aromatic carbocycles. The van der Waals surface area contributed by atoms with Crippen LogP contribution in [0.5, 0.6) is 0 Å². The highest BCUT2D eigenvalue weighted by molar-refractivity contribution is 6.34. The van der Waals surface area contributed by atoms with E-state index in [1.165, 1.54) is 0 Å². The normalized spacial score (nSPS) is 11.2. The Kier molecular flexibility index (Phi) is 8.79. The van der Waals surface area contributed by atoms with E-state index in [1.54, 1.807) is 6.07 Å². The fourth-order valence-corrected chi connectivity index (χ4v) is 2.56. The lowest BCUT2D eigenvalue weighted by atomic mass is 10.2. The van der Waals surface area contributed by atoms with Crippen molar-refractivity contribution in [3.8, 4) is 0 Å². The maximum atomic E-state index is 11.8. The molecule has 0 aliphatic rings. The molecular weight excluding hydrogens is 323 g/mol. The molecule has 1 rings (SSSR count). The van der Waals surface area contributed by atoms with Crippen LogP contribution in [0.25, 0.3) is 0 Å². The zero-order valence-corrected chi connectivity index (χ0v) is 14.9. The number of hydrogen-bond acceptors (Lipinski definition) is 3. The van der Waals surface area contributed by atoms with Gasteiger partial charge in [-0.3, -0.25) is 9.69 Å². The maximum absolute atomic E-state index is 11.8. The summed E-state index contributed by atoms with van der Waals surface area (Å²) in [5.74, 6) is 0.000159. The van der Waals surface area contributed by atoms with Crippen molar-refractivity contribution in [1.29, 1.82) is 0 Å². The highest BCUT2D eigenvalue weighted by Gasteiger charge is 2.08. The third-order valence-corrected chi connectivity index (χ3v) is 3.32. The summed E-state index contributed by atoms with van der Waals surface area (Å²) in [6.45, 7) is 6.22. The monoisotopic (exact) mass is 346 g/mol. The molecular formula is C16H24Cl2N2O2. The van der Waals surface area contributed by atoms with E-state index in [9.17, 15) is 4.79 Å². The first kappa shape index (κ1) is 19.2. The molecule has 0 saturated carbocycles. The summed E-state index contributed by atoms with van der Waals surface area (Å²) in [5, 5.41) is 4.09. The zero-order valence-electron chi connectivity index (χ0n) is 13.4. The number of likely N-dealkylation sites (N-methyl/N-ethyl adjacent to an activating group) is 1. The SMILES string of the molecule is CC(C)OCCCNC(=O)CN(C)Cc1cc(Cl)cc(Cl)c1. The van der Waals surface area contributed by atoms with Gasteiger partial charge in [-0.25, -0.2) is 0 Å². The molecule has 0 aliphatic heterocycles. The molecule has 0 saturated heterocycles. The summed E-state index contributed by atoms with van der Waals surface area (Å²) in [5.41, 5.74) is 0.984. The standard InChI is InChI=1S/C16H24Cl2N2O2/c1-12(2)22-6-4-5-19-16(21)11-20(3)10-13-7-14(17)9-15(18)8-13/h7-9,12H,4-6,10-11H2,1-3H3,(H,19,21). The van der Waals surface area contributed by atoms with Crippen LogP contribution in [0.15, 0.2) is 18.2 Å². The number of nitrogens with one attached hydrogen (secondary N) is 1. The van der Waals surface area contributed by atoms with Crippen LogP contribution < -0.4 is 5.32 Å². The molecule has 22 heavy (non-hydrogen) atoms. The molecule has 0 aliphatic carbocycles. The van der Waals surface area contributed by atoms with Crippen LogP contribution in [0.3, 0.4) is 0 Å². The molecule has 0 radical (unpaired) electrons. The Morgan fingerprint density at radius 1 is 1.27 bits per heavy atom. The molecule has 1 aromatic rings. The molecule has 0 fully saturated rings. The van der Waals surface area contributed by atoms with E-state index < -0.39 is 0 Å². The predicted octanol–water partition coefficient (Wildman–Crippen LogP) is 3.36. The number of benzene rings is 1. The molecule has 0 spiro atoms. The number of amides is 1. The summed E-state index contributed by atoms with van der Waals surface area (Å²) in [6.07, 6.45) is 1.05. The van der Waals surface area contributed by atoms with Gasteiger partial charge in [-0.15, -0.1) is 0 Å². The van der Waals surface area contributed by atoms with Gasteiger partial charge in [0.15, 0.2) is 0 Å². The summed E-state index contributed by atoms with van der Waals surface area (Å²) in [4.78, 5) is 13.7. The Balaban J connectivity index is 2.26. The number of rotatable bonds is 9. The Hall–Kier alpha value is -0.810. The fraction of sp³-hybridized carbons (Fsp3) is 0.562. The van der Waals surface area contributed by atoms with E-state index in [1.807, 2.05) is 37.9 Å². The molecule has 0 atom stereocenters. The van der Waals surface area contributed by atoms with Crippen LogP contribution in [-0.2, 0) is 16.1 Å². The van der Waals surface area contributed by atoms with Gasteiger partial charge >= 0.3 is 0 Å². The molecule has 4 nitrogen and oxygen atoms in total. The highest BCUT2D eigenvalue weighted by atomic mass is 35.5. The van der Waals surface area contributed by atoms with Gasteiger partial charge in [0, 0.05) is 29.7 Å². The van der Waals surface area contributed by atoms with Crippen molar-refractivity contribution in [3.05, 3.63) is 33.8 Å². The predicted molar refractivity (Wildman–Crippen MR) is 91.5 cm³/mol. The second-order valence-corrected chi connectivity index (χ2v) is 6.45. The third kappa shape index (κ3) is 8.59. The first-order valence-electron chi connectivity index (χ1n) is 7.38. The Morgan fingerprint density at radius 2 is 1.91 bits per heavy atom. The minimum absolute atomic E-state index is 0.000159. The Labute approximate surface area is 142 Å². The van der Waals surface area contributed by atoms with E-state index in [-0.39, 0.29) is 12.0 Å². The van der Waals surface area contributed by atoms with Gasteiger partial charge in [0.05, 0.1) is 12.6 Å². The van der Waals surface area contributed by atoms with E-state index >= 15 is 0 Å². The Bertz CT molecular complexity index is 461. The minimum Gasteiger partial charge on any atom is -0.379 e. The number of hydrogen-bond donors (Lipinski definition) is 1. The topological polar surface area (TPSA) is 41.6 Å². The van der Waals surface area contributed by atoms with E-state index in [0.29, 0.717) is 36.3 Å². The van der Waals surface area contributed by atoms with Gasteiger partial charge in [-0.05, 0) is 51.1 Å². The molecule has 0 bridgehead atoms. The van der Waals surface area contributed by atoms with Gasteiger partial charge in [-0.2, -0.15) is 0 Å². The van der Waals surface area contributed by atoms with Crippen molar-refractivity contribution in [1.82, 2.24) is 10.2 Å². The van der Waals surface area contributed by atoms with Crippen molar-refractivity contribution in [3.63, 3.8) is 0 Å². The minimum atomic E-state index is 0.000159. The summed E-state index contributed by atoms with van der Waals surface area (Å²) >= 11 is 11.9. The van der Waals surface area contributed by atoms with Crippen molar-refractivity contribution in [2.75, 3.05) is 26.7 Å². The third-order valence-electron chi connectivity index (χ3n) is 2.88. The lowest BCUT2D eigenvalue weighted by Gasteiger charge is -2.17.